The molecule has 2 N–H and O–H groups in total. The smallest absolute Gasteiger partial charge is 0.0193 e. The summed E-state index contributed by atoms with van der Waals surface area (Å²) < 4.78 is 0. The molecule has 3 nitrogen and oxygen atoms in total. The first-order valence-corrected chi connectivity index (χ1v) is 6.81. The first-order valence-electron chi connectivity index (χ1n) is 6.81. The molecule has 2 rings (SSSR count). The van der Waals surface area contributed by atoms with Crippen LogP contribution in [-0.4, -0.2) is 50.7 Å². The number of nitrogens with one attached hydrogen (secondary N) is 2. The van der Waals surface area contributed by atoms with Crippen molar-refractivity contribution in [1.29, 1.82) is 0 Å². The van der Waals surface area contributed by atoms with Crippen LogP contribution < -0.4 is 10.6 Å². The van der Waals surface area contributed by atoms with Crippen LogP contribution in [0, 0.1) is 5.41 Å². The zero-order chi connectivity index (χ0) is 11.4. The maximum absolute atomic E-state index is 3.77. The Morgan fingerprint density at radius 2 is 2.12 bits per heavy atom. The van der Waals surface area contributed by atoms with Gasteiger partial charge in [0.2, 0.25) is 0 Å². The molecule has 0 aromatic rings. The van der Waals surface area contributed by atoms with Crippen molar-refractivity contribution in [3.63, 3.8) is 0 Å². The summed E-state index contributed by atoms with van der Waals surface area (Å²) in [6.45, 7) is 8.55. The highest BCUT2D eigenvalue weighted by molar-refractivity contribution is 4.85. The van der Waals surface area contributed by atoms with Crippen molar-refractivity contribution in [2.45, 2.75) is 38.6 Å². The van der Waals surface area contributed by atoms with E-state index < -0.39 is 0 Å². The summed E-state index contributed by atoms with van der Waals surface area (Å²) in [5.41, 5.74) is 0.532. The number of piperidine rings is 2. The van der Waals surface area contributed by atoms with Gasteiger partial charge in [-0.25, -0.2) is 0 Å². The lowest BCUT2D eigenvalue weighted by Crippen LogP contribution is -2.49. The summed E-state index contributed by atoms with van der Waals surface area (Å²) in [4.78, 5) is 2.45. The van der Waals surface area contributed by atoms with E-state index in [0.717, 1.165) is 6.54 Å². The summed E-state index contributed by atoms with van der Waals surface area (Å²) in [6.07, 6.45) is 5.37. The second-order valence-electron chi connectivity index (χ2n) is 6.04. The minimum atomic E-state index is 0.532. The molecule has 0 bridgehead atoms. The molecule has 0 aromatic carbocycles. The molecular weight excluding hydrogens is 198 g/mol. The molecule has 2 aliphatic rings. The summed E-state index contributed by atoms with van der Waals surface area (Å²) in [7, 11) is 2.23. The fourth-order valence-electron chi connectivity index (χ4n) is 2.75. The normalized spacial score (nSPS) is 31.5. The Labute approximate surface area is 100.0 Å². The molecule has 0 aliphatic carbocycles. The number of hydrogen-bond acceptors (Lipinski definition) is 3. The number of rotatable bonds is 3. The van der Waals surface area contributed by atoms with Crippen molar-refractivity contribution in [1.82, 2.24) is 15.5 Å². The number of hydrogen-bond donors (Lipinski definition) is 2. The molecule has 0 aromatic heterocycles. The Morgan fingerprint density at radius 3 is 2.75 bits per heavy atom. The van der Waals surface area contributed by atoms with Crippen LogP contribution >= 0.6 is 0 Å². The number of likely N-dealkylation sites (tertiary alicyclic amines) is 1. The van der Waals surface area contributed by atoms with E-state index in [-0.39, 0.29) is 0 Å². The predicted molar refractivity (Wildman–Crippen MR) is 68.7 cm³/mol. The Balaban J connectivity index is 1.71. The molecule has 0 amide bonds. The van der Waals surface area contributed by atoms with Crippen molar-refractivity contribution >= 4 is 0 Å². The highest BCUT2D eigenvalue weighted by atomic mass is 15.1. The van der Waals surface area contributed by atoms with Crippen LogP contribution in [0.2, 0.25) is 0 Å². The third-order valence-corrected chi connectivity index (χ3v) is 4.31. The molecule has 3 heteroatoms. The standard InChI is InChI=1S/C13H27N3/c1-13(5-8-16(2)9-6-13)11-15-12-4-3-7-14-10-12/h12,14-15H,3-11H2,1-2H3. The summed E-state index contributed by atoms with van der Waals surface area (Å²) >= 11 is 0. The van der Waals surface area contributed by atoms with E-state index in [9.17, 15) is 0 Å². The lowest BCUT2D eigenvalue weighted by atomic mass is 9.80. The summed E-state index contributed by atoms with van der Waals surface area (Å²) in [6, 6.07) is 0.713. The Morgan fingerprint density at radius 1 is 1.38 bits per heavy atom. The lowest BCUT2D eigenvalue weighted by molar-refractivity contribution is 0.131. The number of nitrogens with zero attached hydrogens (tertiary/aromatic N) is 1. The van der Waals surface area contributed by atoms with Crippen molar-refractivity contribution < 1.29 is 0 Å². The van der Waals surface area contributed by atoms with E-state index >= 15 is 0 Å². The fourth-order valence-corrected chi connectivity index (χ4v) is 2.75. The van der Waals surface area contributed by atoms with E-state index in [1.807, 2.05) is 0 Å². The third-order valence-electron chi connectivity index (χ3n) is 4.31. The van der Waals surface area contributed by atoms with E-state index in [4.69, 9.17) is 0 Å². The van der Waals surface area contributed by atoms with Crippen LogP contribution in [-0.2, 0) is 0 Å². The van der Waals surface area contributed by atoms with Gasteiger partial charge in [-0.05, 0) is 57.8 Å². The van der Waals surface area contributed by atoms with Gasteiger partial charge < -0.3 is 15.5 Å². The molecule has 1 unspecified atom stereocenters. The molecule has 2 fully saturated rings. The topological polar surface area (TPSA) is 27.3 Å². The zero-order valence-electron chi connectivity index (χ0n) is 10.9. The minimum Gasteiger partial charge on any atom is -0.315 e. The monoisotopic (exact) mass is 225 g/mol. The lowest BCUT2D eigenvalue weighted by Gasteiger charge is -2.39. The van der Waals surface area contributed by atoms with Crippen molar-refractivity contribution in [3.05, 3.63) is 0 Å². The predicted octanol–water partition coefficient (Wildman–Crippen LogP) is 1.06. The Hall–Kier alpha value is -0.120. The van der Waals surface area contributed by atoms with Gasteiger partial charge in [0.25, 0.3) is 0 Å². The van der Waals surface area contributed by atoms with Crippen LogP contribution in [0.25, 0.3) is 0 Å². The van der Waals surface area contributed by atoms with Gasteiger partial charge in [0.05, 0.1) is 0 Å². The molecular formula is C13H27N3. The molecule has 2 aliphatic heterocycles. The van der Waals surface area contributed by atoms with E-state index in [2.05, 4.69) is 29.5 Å². The van der Waals surface area contributed by atoms with Gasteiger partial charge >= 0.3 is 0 Å². The molecule has 2 saturated heterocycles. The SMILES string of the molecule is CN1CCC(C)(CNC2CCCNC2)CC1. The summed E-state index contributed by atoms with van der Waals surface area (Å²) in [5, 5.41) is 7.24. The van der Waals surface area contributed by atoms with Gasteiger partial charge in [0, 0.05) is 19.1 Å². The summed E-state index contributed by atoms with van der Waals surface area (Å²) in [5.74, 6) is 0. The maximum Gasteiger partial charge on any atom is 0.0193 e. The largest absolute Gasteiger partial charge is 0.315 e. The molecule has 0 spiro atoms. The minimum absolute atomic E-state index is 0.532. The van der Waals surface area contributed by atoms with Crippen molar-refractivity contribution in [2.75, 3.05) is 39.8 Å². The molecule has 2 heterocycles. The van der Waals surface area contributed by atoms with Crippen molar-refractivity contribution in [2.24, 2.45) is 5.41 Å². The molecule has 94 valence electrons. The Kier molecular flexibility index (Phi) is 4.22. The molecule has 0 radical (unpaired) electrons. The van der Waals surface area contributed by atoms with Crippen LogP contribution in [0.1, 0.15) is 32.6 Å². The average molecular weight is 225 g/mol. The second kappa shape index (κ2) is 5.48. The molecule has 0 saturated carbocycles. The third kappa shape index (κ3) is 3.44. The van der Waals surface area contributed by atoms with Crippen LogP contribution in [0.5, 0.6) is 0 Å². The fraction of sp³-hybridized carbons (Fsp3) is 1.00. The Bertz CT molecular complexity index is 203. The first kappa shape index (κ1) is 12.3. The van der Waals surface area contributed by atoms with Gasteiger partial charge in [-0.1, -0.05) is 6.92 Å². The second-order valence-corrected chi connectivity index (χ2v) is 6.04. The molecule has 16 heavy (non-hydrogen) atoms. The van der Waals surface area contributed by atoms with Gasteiger partial charge in [-0.3, -0.25) is 0 Å². The zero-order valence-corrected chi connectivity index (χ0v) is 10.9. The first-order chi connectivity index (χ1) is 7.68. The van der Waals surface area contributed by atoms with Gasteiger partial charge in [-0.2, -0.15) is 0 Å². The van der Waals surface area contributed by atoms with Crippen molar-refractivity contribution in [3.8, 4) is 0 Å². The van der Waals surface area contributed by atoms with Crippen LogP contribution in [0.4, 0.5) is 0 Å². The maximum atomic E-state index is 3.77. The molecule has 1 atom stereocenters. The van der Waals surface area contributed by atoms with E-state index in [0.29, 0.717) is 11.5 Å². The average Bonchev–Trinajstić information content (AvgIpc) is 2.33. The van der Waals surface area contributed by atoms with Crippen LogP contribution in [0.3, 0.4) is 0 Å². The van der Waals surface area contributed by atoms with E-state index in [1.165, 1.54) is 51.9 Å². The highest BCUT2D eigenvalue weighted by Gasteiger charge is 2.29. The van der Waals surface area contributed by atoms with Crippen LogP contribution in [0.15, 0.2) is 0 Å². The highest BCUT2D eigenvalue weighted by Crippen LogP contribution is 2.29. The van der Waals surface area contributed by atoms with Gasteiger partial charge in [0.1, 0.15) is 0 Å². The van der Waals surface area contributed by atoms with Gasteiger partial charge in [-0.15, -0.1) is 0 Å². The quantitative estimate of drug-likeness (QED) is 0.752. The van der Waals surface area contributed by atoms with E-state index in [1.54, 1.807) is 0 Å². The van der Waals surface area contributed by atoms with Gasteiger partial charge in [0.15, 0.2) is 0 Å².